The van der Waals surface area contributed by atoms with Crippen LogP contribution in [0.15, 0.2) is 24.3 Å². The predicted molar refractivity (Wildman–Crippen MR) is 55.0 cm³/mol. The molecule has 1 aromatic carbocycles. The van der Waals surface area contributed by atoms with Crippen molar-refractivity contribution in [2.24, 2.45) is 5.73 Å². The highest BCUT2D eigenvalue weighted by molar-refractivity contribution is 5.50. The number of rotatable bonds is 4. The van der Waals surface area contributed by atoms with Crippen molar-refractivity contribution in [1.29, 1.82) is 0 Å². The molecule has 3 N–H and O–H groups in total. The molecule has 76 valence electrons. The number of halogens is 1. The molecule has 1 aromatic rings. The van der Waals surface area contributed by atoms with Gasteiger partial charge in [0.1, 0.15) is 5.82 Å². The van der Waals surface area contributed by atoms with Crippen LogP contribution in [0, 0.1) is 5.82 Å². The van der Waals surface area contributed by atoms with Gasteiger partial charge in [-0.05, 0) is 42.3 Å². The van der Waals surface area contributed by atoms with Gasteiger partial charge in [0.05, 0.1) is 6.61 Å². The van der Waals surface area contributed by atoms with Crippen molar-refractivity contribution in [1.82, 2.24) is 0 Å². The van der Waals surface area contributed by atoms with E-state index in [1.807, 2.05) is 6.08 Å². The fourth-order valence-electron chi connectivity index (χ4n) is 1.18. The summed E-state index contributed by atoms with van der Waals surface area (Å²) in [5, 5.41) is 8.85. The Labute approximate surface area is 82.9 Å². The van der Waals surface area contributed by atoms with Gasteiger partial charge in [-0.25, -0.2) is 4.39 Å². The standard InChI is InChI=1S/C11H14FNO/c12-11-6-9(3-1-2-4-13)5-10(7-11)8-14/h1,3,5-7,14H,2,4,8,13H2. The summed E-state index contributed by atoms with van der Waals surface area (Å²) in [6.07, 6.45) is 4.45. The van der Waals surface area contributed by atoms with E-state index >= 15 is 0 Å². The van der Waals surface area contributed by atoms with Gasteiger partial charge in [0.15, 0.2) is 0 Å². The van der Waals surface area contributed by atoms with Gasteiger partial charge in [-0.3, -0.25) is 0 Å². The smallest absolute Gasteiger partial charge is 0.124 e. The number of aliphatic hydroxyl groups is 1. The Hall–Kier alpha value is -1.19. The number of hydrogen-bond donors (Lipinski definition) is 2. The molecule has 0 amide bonds. The Morgan fingerprint density at radius 1 is 1.36 bits per heavy atom. The lowest BCUT2D eigenvalue weighted by Gasteiger charge is -1.99. The summed E-state index contributed by atoms with van der Waals surface area (Å²) in [7, 11) is 0. The molecule has 0 atom stereocenters. The summed E-state index contributed by atoms with van der Waals surface area (Å²) in [5.41, 5.74) is 6.65. The van der Waals surface area contributed by atoms with E-state index in [1.165, 1.54) is 12.1 Å². The number of aliphatic hydroxyl groups excluding tert-OH is 1. The van der Waals surface area contributed by atoms with Crippen LogP contribution in [0.4, 0.5) is 4.39 Å². The van der Waals surface area contributed by atoms with Crippen LogP contribution in [0.5, 0.6) is 0 Å². The molecule has 2 nitrogen and oxygen atoms in total. The van der Waals surface area contributed by atoms with Gasteiger partial charge >= 0.3 is 0 Å². The van der Waals surface area contributed by atoms with Gasteiger partial charge in [-0.15, -0.1) is 0 Å². The molecule has 0 heterocycles. The molecule has 0 unspecified atom stereocenters. The second kappa shape index (κ2) is 5.52. The molecule has 0 aromatic heterocycles. The highest BCUT2D eigenvalue weighted by Crippen LogP contribution is 2.11. The minimum atomic E-state index is -0.330. The van der Waals surface area contributed by atoms with Crippen molar-refractivity contribution < 1.29 is 9.50 Å². The minimum Gasteiger partial charge on any atom is -0.392 e. The average Bonchev–Trinajstić information content (AvgIpc) is 2.17. The van der Waals surface area contributed by atoms with Gasteiger partial charge in [-0.1, -0.05) is 12.2 Å². The molecule has 0 radical (unpaired) electrons. The highest BCUT2D eigenvalue weighted by atomic mass is 19.1. The quantitative estimate of drug-likeness (QED) is 0.767. The number of benzene rings is 1. The van der Waals surface area contributed by atoms with Crippen LogP contribution in [0.25, 0.3) is 6.08 Å². The van der Waals surface area contributed by atoms with Crippen molar-refractivity contribution >= 4 is 6.08 Å². The Bertz CT molecular complexity index is 323. The Morgan fingerprint density at radius 3 is 2.79 bits per heavy atom. The Balaban J connectivity index is 2.81. The lowest BCUT2D eigenvalue weighted by Crippen LogP contribution is -1.95. The topological polar surface area (TPSA) is 46.2 Å². The first-order valence-electron chi connectivity index (χ1n) is 4.53. The van der Waals surface area contributed by atoms with Crippen LogP contribution < -0.4 is 5.73 Å². The number of nitrogens with two attached hydrogens (primary N) is 1. The van der Waals surface area contributed by atoms with Crippen LogP contribution in [-0.2, 0) is 6.61 Å². The van der Waals surface area contributed by atoms with E-state index < -0.39 is 0 Å². The van der Waals surface area contributed by atoms with Crippen molar-refractivity contribution in [3.63, 3.8) is 0 Å². The van der Waals surface area contributed by atoms with Crippen molar-refractivity contribution in [3.8, 4) is 0 Å². The van der Waals surface area contributed by atoms with E-state index in [0.717, 1.165) is 12.0 Å². The normalized spacial score (nSPS) is 11.1. The van der Waals surface area contributed by atoms with Crippen LogP contribution in [0.3, 0.4) is 0 Å². The summed E-state index contributed by atoms with van der Waals surface area (Å²) >= 11 is 0. The maximum atomic E-state index is 13.0. The van der Waals surface area contributed by atoms with E-state index in [2.05, 4.69) is 0 Å². The van der Waals surface area contributed by atoms with Crippen molar-refractivity contribution in [3.05, 3.63) is 41.2 Å². The first-order chi connectivity index (χ1) is 6.76. The molecule has 0 aliphatic heterocycles. The fourth-order valence-corrected chi connectivity index (χ4v) is 1.18. The molecule has 0 spiro atoms. The molecule has 1 rings (SSSR count). The van der Waals surface area contributed by atoms with E-state index in [9.17, 15) is 4.39 Å². The molecule has 0 saturated heterocycles. The summed E-state index contributed by atoms with van der Waals surface area (Å²) in [4.78, 5) is 0. The van der Waals surface area contributed by atoms with Gasteiger partial charge in [0, 0.05) is 0 Å². The lowest BCUT2D eigenvalue weighted by atomic mass is 10.1. The first kappa shape index (κ1) is 10.9. The lowest BCUT2D eigenvalue weighted by molar-refractivity contribution is 0.281. The largest absolute Gasteiger partial charge is 0.392 e. The van der Waals surface area contributed by atoms with E-state index in [4.69, 9.17) is 10.8 Å². The van der Waals surface area contributed by atoms with Crippen LogP contribution in [0.2, 0.25) is 0 Å². The summed E-state index contributed by atoms with van der Waals surface area (Å²) < 4.78 is 13.0. The van der Waals surface area contributed by atoms with Crippen LogP contribution >= 0.6 is 0 Å². The summed E-state index contributed by atoms with van der Waals surface area (Å²) in [5.74, 6) is -0.330. The predicted octanol–water partition coefficient (Wildman–Crippen LogP) is 1.68. The SMILES string of the molecule is NCCC=Cc1cc(F)cc(CO)c1. The fraction of sp³-hybridized carbons (Fsp3) is 0.273. The third-order valence-electron chi connectivity index (χ3n) is 1.81. The average molecular weight is 195 g/mol. The van der Waals surface area contributed by atoms with Gasteiger partial charge in [0.2, 0.25) is 0 Å². The van der Waals surface area contributed by atoms with Crippen LogP contribution in [-0.4, -0.2) is 11.7 Å². The van der Waals surface area contributed by atoms with Gasteiger partial charge < -0.3 is 10.8 Å². The molecular formula is C11H14FNO. The third-order valence-corrected chi connectivity index (χ3v) is 1.81. The summed E-state index contributed by atoms with van der Waals surface area (Å²) in [6, 6.07) is 4.49. The van der Waals surface area contributed by atoms with Crippen molar-refractivity contribution in [2.75, 3.05) is 6.54 Å². The minimum absolute atomic E-state index is 0.143. The zero-order valence-electron chi connectivity index (χ0n) is 7.91. The molecule has 0 fully saturated rings. The zero-order chi connectivity index (χ0) is 10.4. The summed E-state index contributed by atoms with van der Waals surface area (Å²) in [6.45, 7) is 0.439. The van der Waals surface area contributed by atoms with Crippen LogP contribution in [0.1, 0.15) is 17.5 Å². The molecule has 0 saturated carbocycles. The van der Waals surface area contributed by atoms with E-state index in [0.29, 0.717) is 12.1 Å². The molecule has 14 heavy (non-hydrogen) atoms. The van der Waals surface area contributed by atoms with Crippen molar-refractivity contribution in [2.45, 2.75) is 13.0 Å². The molecule has 0 bridgehead atoms. The van der Waals surface area contributed by atoms with E-state index in [1.54, 1.807) is 12.1 Å². The van der Waals surface area contributed by atoms with Gasteiger partial charge in [-0.2, -0.15) is 0 Å². The number of hydrogen-bond acceptors (Lipinski definition) is 2. The zero-order valence-corrected chi connectivity index (χ0v) is 7.91. The third kappa shape index (κ3) is 3.28. The molecule has 0 aliphatic carbocycles. The maximum absolute atomic E-state index is 13.0. The Kier molecular flexibility index (Phi) is 4.29. The molecule has 3 heteroatoms. The Morgan fingerprint density at radius 2 is 2.14 bits per heavy atom. The molecular weight excluding hydrogens is 181 g/mol. The monoisotopic (exact) mass is 195 g/mol. The highest BCUT2D eigenvalue weighted by Gasteiger charge is 1.96. The molecule has 0 aliphatic rings. The second-order valence-electron chi connectivity index (χ2n) is 3.03. The first-order valence-corrected chi connectivity index (χ1v) is 4.53. The van der Waals surface area contributed by atoms with E-state index in [-0.39, 0.29) is 12.4 Å². The maximum Gasteiger partial charge on any atom is 0.124 e. The van der Waals surface area contributed by atoms with Gasteiger partial charge in [0.25, 0.3) is 0 Å². The second-order valence-corrected chi connectivity index (χ2v) is 3.03.